The smallest absolute Gasteiger partial charge is 0.338 e. The number of unbranched alkanes of at least 4 members (excludes halogenated alkanes) is 1. The van der Waals surface area contributed by atoms with Crippen LogP contribution in [-0.2, 0) is 17.7 Å². The molecule has 2 aromatic carbocycles. The van der Waals surface area contributed by atoms with Crippen LogP contribution in [0.15, 0.2) is 71.5 Å². The summed E-state index contributed by atoms with van der Waals surface area (Å²) in [7, 11) is 1.38. The van der Waals surface area contributed by atoms with Crippen LogP contribution in [0.2, 0.25) is 0 Å². The summed E-state index contributed by atoms with van der Waals surface area (Å²) in [6.07, 6.45) is 3.06. The Kier molecular flexibility index (Phi) is 6.43. The SMILES string of the molecule is CCCCc1cccc(=O)n1Cc1ccc(-c2ccccc2C(=O)OC)cc1. The van der Waals surface area contributed by atoms with Gasteiger partial charge in [-0.2, -0.15) is 0 Å². The molecule has 0 amide bonds. The molecule has 0 spiro atoms. The highest BCUT2D eigenvalue weighted by atomic mass is 16.5. The normalized spacial score (nSPS) is 10.6. The molecule has 0 N–H and O–H groups in total. The Labute approximate surface area is 165 Å². The van der Waals surface area contributed by atoms with E-state index in [4.69, 9.17) is 4.74 Å². The summed E-state index contributed by atoms with van der Waals surface area (Å²) < 4.78 is 6.72. The van der Waals surface area contributed by atoms with E-state index < -0.39 is 0 Å². The Balaban J connectivity index is 1.88. The minimum atomic E-state index is -0.351. The van der Waals surface area contributed by atoms with Crippen molar-refractivity contribution in [3.63, 3.8) is 0 Å². The van der Waals surface area contributed by atoms with Crippen molar-refractivity contribution in [1.82, 2.24) is 4.57 Å². The fourth-order valence-electron chi connectivity index (χ4n) is 3.31. The molecule has 0 fully saturated rings. The first-order valence-electron chi connectivity index (χ1n) is 9.59. The Hall–Kier alpha value is -3.14. The molecule has 1 heterocycles. The van der Waals surface area contributed by atoms with Crippen LogP contribution in [0.4, 0.5) is 0 Å². The van der Waals surface area contributed by atoms with Crippen molar-refractivity contribution in [3.05, 3.63) is 93.9 Å². The summed E-state index contributed by atoms with van der Waals surface area (Å²) in [5.74, 6) is -0.351. The lowest BCUT2D eigenvalue weighted by Crippen LogP contribution is -2.23. The average Bonchev–Trinajstić information content (AvgIpc) is 2.74. The first kappa shape index (κ1) is 19.6. The van der Waals surface area contributed by atoms with E-state index >= 15 is 0 Å². The molecule has 144 valence electrons. The third-order valence-electron chi connectivity index (χ3n) is 4.86. The maximum Gasteiger partial charge on any atom is 0.338 e. The van der Waals surface area contributed by atoms with Gasteiger partial charge in [0.25, 0.3) is 5.56 Å². The fraction of sp³-hybridized carbons (Fsp3) is 0.250. The number of aromatic nitrogens is 1. The predicted molar refractivity (Wildman–Crippen MR) is 112 cm³/mol. The van der Waals surface area contributed by atoms with E-state index in [-0.39, 0.29) is 11.5 Å². The molecule has 0 atom stereocenters. The highest BCUT2D eigenvalue weighted by Gasteiger charge is 2.12. The van der Waals surface area contributed by atoms with Crippen molar-refractivity contribution in [2.45, 2.75) is 32.7 Å². The Morgan fingerprint density at radius 3 is 2.43 bits per heavy atom. The zero-order valence-corrected chi connectivity index (χ0v) is 16.4. The van der Waals surface area contributed by atoms with Gasteiger partial charge in [-0.3, -0.25) is 4.79 Å². The van der Waals surface area contributed by atoms with Crippen LogP contribution in [-0.4, -0.2) is 17.6 Å². The molecule has 3 rings (SSSR count). The van der Waals surface area contributed by atoms with Crippen LogP contribution in [0.5, 0.6) is 0 Å². The van der Waals surface area contributed by atoms with Gasteiger partial charge >= 0.3 is 5.97 Å². The van der Waals surface area contributed by atoms with Crippen molar-refractivity contribution in [3.8, 4) is 11.1 Å². The molecule has 0 aliphatic carbocycles. The van der Waals surface area contributed by atoms with Crippen LogP contribution in [0, 0.1) is 0 Å². The van der Waals surface area contributed by atoms with E-state index in [0.29, 0.717) is 12.1 Å². The number of nitrogens with zero attached hydrogens (tertiary/aromatic N) is 1. The number of hydrogen-bond donors (Lipinski definition) is 0. The van der Waals surface area contributed by atoms with Crippen LogP contribution in [0.1, 0.15) is 41.4 Å². The zero-order chi connectivity index (χ0) is 19.9. The van der Waals surface area contributed by atoms with Gasteiger partial charge in [-0.15, -0.1) is 0 Å². The second-order valence-electron chi connectivity index (χ2n) is 6.78. The Bertz CT molecular complexity index is 1000. The lowest BCUT2D eigenvalue weighted by Gasteiger charge is -2.13. The topological polar surface area (TPSA) is 48.3 Å². The summed E-state index contributed by atoms with van der Waals surface area (Å²) >= 11 is 0. The van der Waals surface area contributed by atoms with Gasteiger partial charge in [-0.25, -0.2) is 4.79 Å². The van der Waals surface area contributed by atoms with E-state index in [1.807, 2.05) is 59.2 Å². The zero-order valence-electron chi connectivity index (χ0n) is 16.4. The molecule has 0 radical (unpaired) electrons. The lowest BCUT2D eigenvalue weighted by atomic mass is 9.98. The van der Waals surface area contributed by atoms with Gasteiger partial charge in [0, 0.05) is 11.8 Å². The molecule has 4 nitrogen and oxygen atoms in total. The van der Waals surface area contributed by atoms with Crippen LogP contribution in [0.3, 0.4) is 0 Å². The van der Waals surface area contributed by atoms with Gasteiger partial charge in [0.2, 0.25) is 0 Å². The predicted octanol–water partition coefficient (Wildman–Crippen LogP) is 4.69. The molecule has 3 aromatic rings. The van der Waals surface area contributed by atoms with Crippen LogP contribution in [0.25, 0.3) is 11.1 Å². The minimum absolute atomic E-state index is 0.0220. The van der Waals surface area contributed by atoms with Crippen LogP contribution < -0.4 is 5.56 Å². The third-order valence-corrected chi connectivity index (χ3v) is 4.86. The van der Waals surface area contributed by atoms with Crippen LogP contribution >= 0.6 is 0 Å². The van der Waals surface area contributed by atoms with E-state index in [9.17, 15) is 9.59 Å². The monoisotopic (exact) mass is 375 g/mol. The van der Waals surface area contributed by atoms with Crippen molar-refractivity contribution in [1.29, 1.82) is 0 Å². The summed E-state index contributed by atoms with van der Waals surface area (Å²) in [4.78, 5) is 24.4. The lowest BCUT2D eigenvalue weighted by molar-refractivity contribution is 0.0601. The van der Waals surface area contributed by atoms with E-state index in [2.05, 4.69) is 6.92 Å². The standard InChI is InChI=1S/C24H25NO3/c1-3-4-8-20-9-7-12-23(26)25(20)17-18-13-15-19(16-14-18)21-10-5-6-11-22(21)24(27)28-2/h5-7,9-16H,3-4,8,17H2,1-2H3. The van der Waals surface area contributed by atoms with Crippen molar-refractivity contribution in [2.24, 2.45) is 0 Å². The third kappa shape index (κ3) is 4.39. The molecular weight excluding hydrogens is 350 g/mol. The molecule has 1 aromatic heterocycles. The number of hydrogen-bond acceptors (Lipinski definition) is 3. The highest BCUT2D eigenvalue weighted by molar-refractivity contribution is 5.97. The van der Waals surface area contributed by atoms with E-state index in [1.54, 1.807) is 12.1 Å². The second-order valence-corrected chi connectivity index (χ2v) is 6.78. The van der Waals surface area contributed by atoms with E-state index in [0.717, 1.165) is 41.6 Å². The molecule has 0 aliphatic rings. The Morgan fingerprint density at radius 2 is 1.71 bits per heavy atom. The van der Waals surface area contributed by atoms with Gasteiger partial charge in [0.05, 0.1) is 19.2 Å². The number of benzene rings is 2. The van der Waals surface area contributed by atoms with Crippen molar-refractivity contribution in [2.75, 3.05) is 7.11 Å². The summed E-state index contributed by atoms with van der Waals surface area (Å²) in [6.45, 7) is 2.69. The largest absolute Gasteiger partial charge is 0.465 e. The molecule has 0 aliphatic heterocycles. The summed E-state index contributed by atoms with van der Waals surface area (Å²) in [5.41, 5.74) is 4.45. The number of carbonyl (C=O) groups excluding carboxylic acids is 1. The maximum atomic E-state index is 12.4. The van der Waals surface area contributed by atoms with Crippen molar-refractivity contribution < 1.29 is 9.53 Å². The number of rotatable bonds is 7. The quantitative estimate of drug-likeness (QED) is 0.563. The van der Waals surface area contributed by atoms with Gasteiger partial charge in [0.15, 0.2) is 0 Å². The number of esters is 1. The van der Waals surface area contributed by atoms with Gasteiger partial charge in [-0.05, 0) is 41.7 Å². The molecule has 4 heteroatoms. The molecule has 0 bridgehead atoms. The Morgan fingerprint density at radius 1 is 0.964 bits per heavy atom. The fourth-order valence-corrected chi connectivity index (χ4v) is 3.31. The number of methoxy groups -OCH3 is 1. The summed E-state index contributed by atoms with van der Waals surface area (Å²) in [5, 5.41) is 0. The average molecular weight is 375 g/mol. The van der Waals surface area contributed by atoms with E-state index in [1.165, 1.54) is 7.11 Å². The second kappa shape index (κ2) is 9.18. The van der Waals surface area contributed by atoms with Gasteiger partial charge in [0.1, 0.15) is 0 Å². The summed E-state index contributed by atoms with van der Waals surface area (Å²) in [6, 6.07) is 20.8. The van der Waals surface area contributed by atoms with Crippen molar-refractivity contribution >= 4 is 5.97 Å². The van der Waals surface area contributed by atoms with Gasteiger partial charge < -0.3 is 9.30 Å². The number of pyridine rings is 1. The molecular formula is C24H25NO3. The molecule has 0 saturated heterocycles. The molecule has 0 unspecified atom stereocenters. The first-order valence-corrected chi connectivity index (χ1v) is 9.59. The van der Waals surface area contributed by atoms with Gasteiger partial charge in [-0.1, -0.05) is 61.9 Å². The first-order chi connectivity index (χ1) is 13.6. The molecule has 0 saturated carbocycles. The number of carbonyl (C=O) groups is 1. The highest BCUT2D eigenvalue weighted by Crippen LogP contribution is 2.25. The number of aryl methyl sites for hydroxylation is 1. The number of ether oxygens (including phenoxy) is 1. The maximum absolute atomic E-state index is 12.4. The molecule has 28 heavy (non-hydrogen) atoms. The minimum Gasteiger partial charge on any atom is -0.465 e.